The van der Waals surface area contributed by atoms with Crippen molar-refractivity contribution >= 4 is 34.0 Å². The number of benzene rings is 1. The third-order valence-corrected chi connectivity index (χ3v) is 4.34. The van der Waals surface area contributed by atoms with Crippen LogP contribution in [0.2, 0.25) is 5.02 Å². The molecule has 0 saturated carbocycles. The van der Waals surface area contributed by atoms with Crippen molar-refractivity contribution in [2.75, 3.05) is 12.4 Å². The number of aromatic nitrogens is 1. The molecular weight excluding hydrogens is 308 g/mol. The van der Waals surface area contributed by atoms with E-state index >= 15 is 0 Å². The van der Waals surface area contributed by atoms with Crippen LogP contribution >= 0.6 is 22.9 Å². The second-order valence-electron chi connectivity index (χ2n) is 4.52. The van der Waals surface area contributed by atoms with E-state index in [0.29, 0.717) is 18.0 Å². The number of carbonyl (C=O) groups excluding carboxylic acids is 1. The highest BCUT2D eigenvalue weighted by molar-refractivity contribution is 7.15. The number of thiazole rings is 1. The normalized spacial score (nSPS) is 12.1. The number of methoxy groups -OCH3 is 1. The van der Waals surface area contributed by atoms with Gasteiger partial charge in [0.05, 0.1) is 0 Å². The summed E-state index contributed by atoms with van der Waals surface area (Å²) in [5.74, 6) is -0.168. The van der Waals surface area contributed by atoms with Crippen LogP contribution in [0.25, 0.3) is 0 Å². The Morgan fingerprint density at radius 3 is 2.90 bits per heavy atom. The van der Waals surface area contributed by atoms with E-state index < -0.39 is 6.10 Å². The van der Waals surface area contributed by atoms with Gasteiger partial charge in [0.1, 0.15) is 6.10 Å². The van der Waals surface area contributed by atoms with Gasteiger partial charge in [0.25, 0.3) is 5.91 Å². The van der Waals surface area contributed by atoms with Gasteiger partial charge in [-0.3, -0.25) is 10.1 Å². The van der Waals surface area contributed by atoms with Crippen LogP contribution in [0.3, 0.4) is 0 Å². The second-order valence-corrected chi connectivity index (χ2v) is 6.04. The standard InChI is InChI=1S/C15H17ClN2O2S/c1-3-13(20-2)14(19)18-15-17-9-11(21-15)8-10-6-4-5-7-12(10)16/h4-7,9,13H,3,8H2,1-2H3,(H,17,18,19). The Morgan fingerprint density at radius 1 is 1.48 bits per heavy atom. The fourth-order valence-corrected chi connectivity index (χ4v) is 2.96. The average Bonchev–Trinajstić information content (AvgIpc) is 2.90. The van der Waals surface area contributed by atoms with Crippen molar-refractivity contribution < 1.29 is 9.53 Å². The minimum atomic E-state index is -0.444. The van der Waals surface area contributed by atoms with Crippen LogP contribution in [0.15, 0.2) is 30.5 Å². The molecule has 0 radical (unpaired) electrons. The minimum Gasteiger partial charge on any atom is -0.372 e. The fraction of sp³-hybridized carbons (Fsp3) is 0.333. The molecule has 6 heteroatoms. The topological polar surface area (TPSA) is 51.2 Å². The van der Waals surface area contributed by atoms with Crippen LogP contribution in [-0.4, -0.2) is 24.1 Å². The minimum absolute atomic E-state index is 0.168. The van der Waals surface area contributed by atoms with Crippen LogP contribution in [0.4, 0.5) is 5.13 Å². The van der Waals surface area contributed by atoms with E-state index in [4.69, 9.17) is 16.3 Å². The molecule has 0 saturated heterocycles. The second kappa shape index (κ2) is 7.54. The van der Waals surface area contributed by atoms with Gasteiger partial charge >= 0.3 is 0 Å². The summed E-state index contributed by atoms with van der Waals surface area (Å²) in [5.41, 5.74) is 1.05. The van der Waals surface area contributed by atoms with E-state index in [-0.39, 0.29) is 5.91 Å². The molecule has 0 aliphatic rings. The number of ether oxygens (including phenoxy) is 1. The molecule has 0 aliphatic heterocycles. The van der Waals surface area contributed by atoms with Crippen LogP contribution in [0.5, 0.6) is 0 Å². The Kier molecular flexibility index (Phi) is 5.73. The molecule has 2 aromatic rings. The highest BCUT2D eigenvalue weighted by Crippen LogP contribution is 2.24. The molecule has 0 spiro atoms. The Hall–Kier alpha value is -1.43. The molecule has 0 fully saturated rings. The van der Waals surface area contributed by atoms with Crippen molar-refractivity contribution in [3.63, 3.8) is 0 Å². The fourth-order valence-electron chi connectivity index (χ4n) is 1.92. The predicted octanol–water partition coefficient (Wildman–Crippen LogP) is 3.75. The lowest BCUT2D eigenvalue weighted by Gasteiger charge is -2.11. The largest absolute Gasteiger partial charge is 0.372 e. The summed E-state index contributed by atoms with van der Waals surface area (Å²) in [6.45, 7) is 1.90. The maximum atomic E-state index is 11.9. The number of carbonyl (C=O) groups is 1. The number of hydrogen-bond donors (Lipinski definition) is 1. The lowest BCUT2D eigenvalue weighted by Crippen LogP contribution is -2.28. The van der Waals surface area contributed by atoms with E-state index in [1.165, 1.54) is 18.4 Å². The molecule has 4 nitrogen and oxygen atoms in total. The molecule has 1 unspecified atom stereocenters. The molecule has 0 bridgehead atoms. The van der Waals surface area contributed by atoms with E-state index in [0.717, 1.165) is 15.5 Å². The van der Waals surface area contributed by atoms with E-state index in [1.54, 1.807) is 6.20 Å². The smallest absolute Gasteiger partial charge is 0.255 e. The Morgan fingerprint density at radius 2 is 2.24 bits per heavy atom. The average molecular weight is 325 g/mol. The van der Waals surface area contributed by atoms with Gasteiger partial charge in [0.15, 0.2) is 5.13 Å². The molecular formula is C15H17ClN2O2S. The van der Waals surface area contributed by atoms with Crippen molar-refractivity contribution in [2.24, 2.45) is 0 Å². The van der Waals surface area contributed by atoms with Gasteiger partial charge in [-0.2, -0.15) is 0 Å². The first-order valence-electron chi connectivity index (χ1n) is 6.65. The number of amides is 1. The first-order chi connectivity index (χ1) is 10.1. The van der Waals surface area contributed by atoms with Crippen molar-refractivity contribution in [3.8, 4) is 0 Å². The van der Waals surface area contributed by atoms with Crippen LogP contribution < -0.4 is 5.32 Å². The number of nitrogens with zero attached hydrogens (tertiary/aromatic N) is 1. The third-order valence-electron chi connectivity index (χ3n) is 3.05. The van der Waals surface area contributed by atoms with Gasteiger partial charge in [-0.25, -0.2) is 4.98 Å². The molecule has 1 aromatic carbocycles. The highest BCUT2D eigenvalue weighted by atomic mass is 35.5. The number of rotatable bonds is 6. The molecule has 1 atom stereocenters. The van der Waals surface area contributed by atoms with E-state index in [1.807, 2.05) is 31.2 Å². The molecule has 2 rings (SSSR count). The molecule has 0 aliphatic carbocycles. The summed E-state index contributed by atoms with van der Waals surface area (Å²) in [6.07, 6.45) is 2.65. The summed E-state index contributed by atoms with van der Waals surface area (Å²) in [7, 11) is 1.53. The van der Waals surface area contributed by atoms with Crippen molar-refractivity contribution in [1.82, 2.24) is 4.98 Å². The molecule has 21 heavy (non-hydrogen) atoms. The molecule has 1 N–H and O–H groups in total. The molecule has 1 heterocycles. The number of anilines is 1. The van der Waals surface area contributed by atoms with E-state index in [2.05, 4.69) is 10.3 Å². The first-order valence-corrected chi connectivity index (χ1v) is 7.85. The van der Waals surface area contributed by atoms with Crippen molar-refractivity contribution in [1.29, 1.82) is 0 Å². The zero-order valence-electron chi connectivity index (χ0n) is 11.9. The first kappa shape index (κ1) is 15.9. The lowest BCUT2D eigenvalue weighted by molar-refractivity contribution is -0.125. The zero-order valence-corrected chi connectivity index (χ0v) is 13.5. The summed E-state index contributed by atoms with van der Waals surface area (Å²) in [6, 6.07) is 7.71. The SMILES string of the molecule is CCC(OC)C(=O)Nc1ncc(Cc2ccccc2Cl)s1. The van der Waals surface area contributed by atoms with Crippen LogP contribution in [-0.2, 0) is 16.0 Å². The van der Waals surface area contributed by atoms with Gasteiger partial charge in [-0.1, -0.05) is 36.7 Å². The van der Waals surface area contributed by atoms with Gasteiger partial charge in [0, 0.05) is 29.6 Å². The monoisotopic (exact) mass is 324 g/mol. The maximum absolute atomic E-state index is 11.9. The van der Waals surface area contributed by atoms with Crippen molar-refractivity contribution in [3.05, 3.63) is 45.9 Å². The number of hydrogen-bond acceptors (Lipinski definition) is 4. The summed E-state index contributed by atoms with van der Waals surface area (Å²) in [5, 5.41) is 4.09. The van der Waals surface area contributed by atoms with Gasteiger partial charge in [-0.15, -0.1) is 11.3 Å². The van der Waals surface area contributed by atoms with Crippen molar-refractivity contribution in [2.45, 2.75) is 25.9 Å². The quantitative estimate of drug-likeness (QED) is 0.880. The van der Waals surface area contributed by atoms with Gasteiger partial charge in [0.2, 0.25) is 0 Å². The summed E-state index contributed by atoms with van der Waals surface area (Å²) < 4.78 is 5.10. The van der Waals surface area contributed by atoms with Crippen LogP contribution in [0.1, 0.15) is 23.8 Å². The molecule has 1 aromatic heterocycles. The summed E-state index contributed by atoms with van der Waals surface area (Å²) in [4.78, 5) is 17.2. The number of halogens is 1. The Bertz CT molecular complexity index is 611. The maximum Gasteiger partial charge on any atom is 0.255 e. The highest BCUT2D eigenvalue weighted by Gasteiger charge is 2.16. The van der Waals surface area contributed by atoms with Crippen LogP contribution in [0, 0.1) is 0 Å². The zero-order chi connectivity index (χ0) is 15.2. The Labute approximate surface area is 133 Å². The summed E-state index contributed by atoms with van der Waals surface area (Å²) >= 11 is 7.59. The van der Waals surface area contributed by atoms with Gasteiger partial charge in [-0.05, 0) is 18.1 Å². The Balaban J connectivity index is 2.02. The van der Waals surface area contributed by atoms with Gasteiger partial charge < -0.3 is 4.74 Å². The predicted molar refractivity (Wildman–Crippen MR) is 86.1 cm³/mol. The molecule has 1 amide bonds. The third kappa shape index (κ3) is 4.27. The lowest BCUT2D eigenvalue weighted by atomic mass is 10.1. The number of nitrogens with one attached hydrogen (secondary N) is 1. The van der Waals surface area contributed by atoms with E-state index in [9.17, 15) is 4.79 Å². The molecule has 112 valence electrons.